The van der Waals surface area contributed by atoms with Gasteiger partial charge in [0.15, 0.2) is 11.6 Å². The van der Waals surface area contributed by atoms with Gasteiger partial charge in [-0.1, -0.05) is 38.5 Å². The molecule has 4 unspecified atom stereocenters. The lowest BCUT2D eigenvalue weighted by Crippen LogP contribution is -2.51. The van der Waals surface area contributed by atoms with Crippen molar-refractivity contribution in [2.45, 2.75) is 53.6 Å². The SMILES string of the molecule is CC(=O)c1ccc(N2C(=O)C3C(C2=O)C(C(=O)C(C)(C)C)N2c4ccc(C)cc4C(C)=CC32)cc1. The Labute approximate surface area is 205 Å². The summed E-state index contributed by atoms with van der Waals surface area (Å²) in [5.41, 5.74) is 4.33. The summed E-state index contributed by atoms with van der Waals surface area (Å²) in [4.78, 5) is 56.5. The molecule has 0 bridgehead atoms. The summed E-state index contributed by atoms with van der Waals surface area (Å²) in [5, 5.41) is 0. The number of carbonyl (C=O) groups is 4. The van der Waals surface area contributed by atoms with E-state index in [1.54, 1.807) is 24.3 Å². The van der Waals surface area contributed by atoms with Crippen LogP contribution < -0.4 is 9.80 Å². The molecule has 6 heteroatoms. The third kappa shape index (κ3) is 3.38. The second-order valence-corrected chi connectivity index (χ2v) is 11.0. The van der Waals surface area contributed by atoms with Gasteiger partial charge in [-0.15, -0.1) is 0 Å². The van der Waals surface area contributed by atoms with Crippen molar-refractivity contribution in [3.8, 4) is 0 Å². The quantitative estimate of drug-likeness (QED) is 0.484. The standard InChI is InChI=1S/C29H30N2O4/c1-15-7-12-21-20(13-15)16(2)14-22-23-24(25(31(21)22)26(33)29(4,5)6)28(35)30(27(23)34)19-10-8-18(9-11-19)17(3)32/h7-14,22-25H,1-6H3. The van der Waals surface area contributed by atoms with Crippen LogP contribution in [0.15, 0.2) is 48.5 Å². The van der Waals surface area contributed by atoms with E-state index in [0.717, 1.165) is 22.4 Å². The smallest absolute Gasteiger partial charge is 0.240 e. The molecule has 2 aromatic rings. The number of rotatable bonds is 3. The summed E-state index contributed by atoms with van der Waals surface area (Å²) in [6.07, 6.45) is 2.04. The number of hydrogen-bond acceptors (Lipinski definition) is 5. The Bertz CT molecular complexity index is 1320. The summed E-state index contributed by atoms with van der Waals surface area (Å²) < 4.78 is 0. The van der Waals surface area contributed by atoms with E-state index < -0.39 is 23.3 Å². The Morgan fingerprint density at radius 3 is 2.11 bits per heavy atom. The zero-order valence-electron chi connectivity index (χ0n) is 21.0. The second-order valence-electron chi connectivity index (χ2n) is 11.0. The van der Waals surface area contributed by atoms with Crippen LogP contribution in [0.25, 0.3) is 5.57 Å². The van der Waals surface area contributed by atoms with Gasteiger partial charge >= 0.3 is 0 Å². The predicted octanol–water partition coefficient (Wildman–Crippen LogP) is 4.59. The van der Waals surface area contributed by atoms with Crippen molar-refractivity contribution in [3.63, 3.8) is 0 Å². The highest BCUT2D eigenvalue weighted by Crippen LogP contribution is 2.51. The van der Waals surface area contributed by atoms with Gasteiger partial charge in [0.1, 0.15) is 6.04 Å². The molecule has 4 atom stereocenters. The maximum Gasteiger partial charge on any atom is 0.240 e. The lowest BCUT2D eigenvalue weighted by atomic mass is 9.79. The van der Waals surface area contributed by atoms with Crippen LogP contribution in [0.3, 0.4) is 0 Å². The molecule has 0 aromatic heterocycles. The molecule has 0 spiro atoms. The third-order valence-corrected chi connectivity index (χ3v) is 7.54. The number of hydrogen-bond donors (Lipinski definition) is 0. The Morgan fingerprint density at radius 1 is 0.886 bits per heavy atom. The topological polar surface area (TPSA) is 74.8 Å². The number of imide groups is 1. The van der Waals surface area contributed by atoms with E-state index in [9.17, 15) is 19.2 Å². The lowest BCUT2D eigenvalue weighted by molar-refractivity contribution is -0.132. The molecule has 3 aliphatic rings. The zero-order chi connectivity index (χ0) is 25.4. The van der Waals surface area contributed by atoms with Gasteiger partial charge in [0.25, 0.3) is 0 Å². The molecule has 6 nitrogen and oxygen atoms in total. The van der Waals surface area contributed by atoms with Gasteiger partial charge < -0.3 is 4.90 Å². The highest BCUT2D eigenvalue weighted by atomic mass is 16.2. The summed E-state index contributed by atoms with van der Waals surface area (Å²) in [6, 6.07) is 11.5. The number of fused-ring (bicyclic) bond motifs is 5. The largest absolute Gasteiger partial charge is 0.353 e. The molecule has 3 aliphatic heterocycles. The number of Topliss-reactive ketones (excluding diaryl/α,β-unsaturated/α-hetero) is 2. The van der Waals surface area contributed by atoms with Crippen molar-refractivity contribution in [1.82, 2.24) is 0 Å². The Balaban J connectivity index is 1.65. The van der Waals surface area contributed by atoms with E-state index in [-0.39, 0.29) is 29.4 Å². The zero-order valence-corrected chi connectivity index (χ0v) is 21.0. The molecule has 0 radical (unpaired) electrons. The van der Waals surface area contributed by atoms with Crippen LogP contribution in [-0.2, 0) is 14.4 Å². The first-order valence-electron chi connectivity index (χ1n) is 12.0. The first-order chi connectivity index (χ1) is 16.4. The maximum atomic E-state index is 13.9. The van der Waals surface area contributed by atoms with Crippen LogP contribution in [0, 0.1) is 24.2 Å². The number of ketones is 2. The highest BCUT2D eigenvalue weighted by molar-refractivity contribution is 6.25. The number of nitrogens with zero attached hydrogens (tertiary/aromatic N) is 2. The number of amides is 2. The molecule has 180 valence electrons. The van der Waals surface area contributed by atoms with Crippen LogP contribution in [0.1, 0.15) is 56.1 Å². The molecule has 0 saturated carbocycles. The Kier molecular flexibility index (Phi) is 5.13. The first kappa shape index (κ1) is 23.2. The van der Waals surface area contributed by atoms with Gasteiger partial charge in [-0.2, -0.15) is 0 Å². The molecule has 0 N–H and O–H groups in total. The van der Waals surface area contributed by atoms with E-state index in [0.29, 0.717) is 11.3 Å². The van der Waals surface area contributed by atoms with E-state index >= 15 is 0 Å². The minimum atomic E-state index is -0.775. The molecule has 5 rings (SSSR count). The van der Waals surface area contributed by atoms with Crippen LogP contribution in [-0.4, -0.2) is 35.5 Å². The molecule has 35 heavy (non-hydrogen) atoms. The average Bonchev–Trinajstić information content (AvgIpc) is 3.25. The second kappa shape index (κ2) is 7.74. The fraction of sp³-hybridized carbons (Fsp3) is 0.379. The molecular formula is C29H30N2O4. The van der Waals surface area contributed by atoms with Crippen LogP contribution in [0.2, 0.25) is 0 Å². The normalized spacial score (nSPS) is 25.3. The van der Waals surface area contributed by atoms with Gasteiger partial charge in [-0.05, 0) is 62.7 Å². The molecule has 2 saturated heterocycles. The van der Waals surface area contributed by atoms with Gasteiger partial charge in [0.05, 0.1) is 23.6 Å². The Hall–Kier alpha value is -3.54. The number of carbonyl (C=O) groups excluding carboxylic acids is 4. The van der Waals surface area contributed by atoms with Gasteiger partial charge in [-0.3, -0.25) is 19.2 Å². The van der Waals surface area contributed by atoms with Crippen LogP contribution >= 0.6 is 0 Å². The number of benzene rings is 2. The molecule has 3 heterocycles. The minimum Gasteiger partial charge on any atom is -0.353 e. The van der Waals surface area contributed by atoms with Gasteiger partial charge in [-0.25, -0.2) is 4.90 Å². The highest BCUT2D eigenvalue weighted by Gasteiger charge is 2.65. The van der Waals surface area contributed by atoms with Crippen molar-refractivity contribution in [3.05, 3.63) is 65.2 Å². The van der Waals surface area contributed by atoms with Crippen LogP contribution in [0.5, 0.6) is 0 Å². The summed E-state index contributed by atoms with van der Waals surface area (Å²) in [6.45, 7) is 11.1. The van der Waals surface area contributed by atoms with E-state index in [1.165, 1.54) is 11.8 Å². The molecular weight excluding hydrogens is 440 g/mol. The van der Waals surface area contributed by atoms with E-state index in [2.05, 4.69) is 6.07 Å². The summed E-state index contributed by atoms with van der Waals surface area (Å²) >= 11 is 0. The number of allylic oxidation sites excluding steroid dienone is 1. The fourth-order valence-electron chi connectivity index (χ4n) is 5.80. The maximum absolute atomic E-state index is 13.9. The monoisotopic (exact) mass is 470 g/mol. The summed E-state index contributed by atoms with van der Waals surface area (Å²) in [5.74, 6) is -2.22. The van der Waals surface area contributed by atoms with Crippen molar-refractivity contribution < 1.29 is 19.2 Å². The van der Waals surface area contributed by atoms with E-state index in [1.807, 2.05) is 57.7 Å². The lowest BCUT2D eigenvalue weighted by Gasteiger charge is -2.39. The molecule has 2 amide bonds. The predicted molar refractivity (Wildman–Crippen MR) is 135 cm³/mol. The molecule has 2 aromatic carbocycles. The van der Waals surface area contributed by atoms with Crippen LogP contribution in [0.4, 0.5) is 11.4 Å². The summed E-state index contributed by atoms with van der Waals surface area (Å²) in [7, 11) is 0. The first-order valence-corrected chi connectivity index (χ1v) is 12.0. The average molecular weight is 471 g/mol. The van der Waals surface area contributed by atoms with Crippen molar-refractivity contribution in [2.75, 3.05) is 9.80 Å². The number of aryl methyl sites for hydroxylation is 1. The number of anilines is 2. The van der Waals surface area contributed by atoms with E-state index in [4.69, 9.17) is 0 Å². The third-order valence-electron chi connectivity index (χ3n) is 7.54. The fourth-order valence-corrected chi connectivity index (χ4v) is 5.80. The van der Waals surface area contributed by atoms with Crippen molar-refractivity contribution >= 4 is 40.3 Å². The van der Waals surface area contributed by atoms with Crippen molar-refractivity contribution in [2.24, 2.45) is 17.3 Å². The van der Waals surface area contributed by atoms with Gasteiger partial charge in [0.2, 0.25) is 11.8 Å². The Morgan fingerprint density at radius 2 is 1.51 bits per heavy atom. The molecule has 0 aliphatic carbocycles. The van der Waals surface area contributed by atoms with Gasteiger partial charge in [0, 0.05) is 22.2 Å². The minimum absolute atomic E-state index is 0.0515. The van der Waals surface area contributed by atoms with Crippen molar-refractivity contribution in [1.29, 1.82) is 0 Å². The molecule has 2 fully saturated rings.